The highest BCUT2D eigenvalue weighted by molar-refractivity contribution is 6.32. The van der Waals surface area contributed by atoms with Crippen LogP contribution in [-0.2, 0) is 15.9 Å². The van der Waals surface area contributed by atoms with E-state index in [1.807, 2.05) is 48.5 Å². The molecule has 0 bridgehead atoms. The van der Waals surface area contributed by atoms with E-state index < -0.39 is 5.97 Å². The summed E-state index contributed by atoms with van der Waals surface area (Å²) in [6.07, 6.45) is 3.51. The molecular formula is C26H24BClO4. The van der Waals surface area contributed by atoms with Crippen molar-refractivity contribution in [1.82, 2.24) is 0 Å². The molecule has 0 unspecified atom stereocenters. The Bertz CT molecular complexity index is 1140. The Balaban J connectivity index is 2.05. The maximum absolute atomic E-state index is 11.8. The Kier molecular flexibility index (Phi) is 8.01. The number of benzene rings is 3. The van der Waals surface area contributed by atoms with Gasteiger partial charge in [0.15, 0.2) is 0 Å². The van der Waals surface area contributed by atoms with Crippen molar-refractivity contribution in [2.24, 2.45) is 0 Å². The molecule has 0 amide bonds. The predicted octanol–water partition coefficient (Wildman–Crippen LogP) is 5.94. The van der Waals surface area contributed by atoms with E-state index in [0.29, 0.717) is 29.4 Å². The van der Waals surface area contributed by atoms with Crippen molar-refractivity contribution in [3.8, 4) is 33.8 Å². The van der Waals surface area contributed by atoms with Gasteiger partial charge in [0.25, 0.3) is 0 Å². The lowest BCUT2D eigenvalue weighted by molar-refractivity contribution is -0.137. The minimum atomic E-state index is -0.393. The third-order valence-electron chi connectivity index (χ3n) is 5.04. The van der Waals surface area contributed by atoms with E-state index in [-0.39, 0.29) is 0 Å². The highest BCUT2D eigenvalue weighted by atomic mass is 35.5. The summed E-state index contributed by atoms with van der Waals surface area (Å²) in [4.78, 5) is 11.8. The quantitative estimate of drug-likeness (QED) is 0.244. The molecule has 162 valence electrons. The topological polar surface area (TPSA) is 44.8 Å². The number of rotatable bonds is 8. The molecule has 0 N–H and O–H groups in total. The number of carbonyl (C=O) groups is 1. The second kappa shape index (κ2) is 10.9. The third kappa shape index (κ3) is 5.35. The molecule has 0 fully saturated rings. The first-order chi connectivity index (χ1) is 15.5. The Labute approximate surface area is 195 Å². The fourth-order valence-electron chi connectivity index (χ4n) is 3.46. The maximum atomic E-state index is 11.8. The maximum Gasteiger partial charge on any atom is 0.330 e. The summed E-state index contributed by atoms with van der Waals surface area (Å²) in [5, 5.41) is 0.540. The van der Waals surface area contributed by atoms with Crippen molar-refractivity contribution >= 4 is 31.5 Å². The molecule has 2 radical (unpaired) electrons. The lowest BCUT2D eigenvalue weighted by Gasteiger charge is -2.14. The lowest BCUT2D eigenvalue weighted by atomic mass is 9.86. The van der Waals surface area contributed by atoms with Gasteiger partial charge in [0.05, 0.1) is 33.7 Å². The first kappa shape index (κ1) is 23.5. The fraction of sp³-hybridized carbons (Fsp3) is 0.192. The second-order valence-corrected chi connectivity index (χ2v) is 7.37. The third-order valence-corrected chi connectivity index (χ3v) is 5.34. The van der Waals surface area contributed by atoms with Gasteiger partial charge in [0.1, 0.15) is 11.5 Å². The minimum absolute atomic E-state index is 0.324. The van der Waals surface area contributed by atoms with Crippen molar-refractivity contribution in [2.75, 3.05) is 20.8 Å². The van der Waals surface area contributed by atoms with Crippen molar-refractivity contribution < 1.29 is 19.0 Å². The van der Waals surface area contributed by atoms with Gasteiger partial charge in [-0.15, -0.1) is 0 Å². The zero-order valence-electron chi connectivity index (χ0n) is 18.4. The number of esters is 1. The average Bonchev–Trinajstić information content (AvgIpc) is 2.82. The first-order valence-corrected chi connectivity index (χ1v) is 10.6. The van der Waals surface area contributed by atoms with E-state index in [0.717, 1.165) is 33.4 Å². The van der Waals surface area contributed by atoms with Crippen LogP contribution in [0.25, 0.3) is 28.3 Å². The van der Waals surface area contributed by atoms with Crippen LogP contribution in [0.1, 0.15) is 18.1 Å². The normalized spacial score (nSPS) is 10.9. The van der Waals surface area contributed by atoms with Gasteiger partial charge in [-0.05, 0) is 70.6 Å². The zero-order valence-corrected chi connectivity index (χ0v) is 19.1. The molecule has 0 aliphatic carbocycles. The van der Waals surface area contributed by atoms with E-state index in [9.17, 15) is 4.79 Å². The van der Waals surface area contributed by atoms with Crippen molar-refractivity contribution in [3.63, 3.8) is 0 Å². The smallest absolute Gasteiger partial charge is 0.330 e. The molecule has 0 aliphatic heterocycles. The molecule has 0 aliphatic rings. The molecule has 0 saturated carbocycles. The highest BCUT2D eigenvalue weighted by Crippen LogP contribution is 2.35. The van der Waals surface area contributed by atoms with Gasteiger partial charge in [0, 0.05) is 6.08 Å². The van der Waals surface area contributed by atoms with Gasteiger partial charge < -0.3 is 14.2 Å². The summed E-state index contributed by atoms with van der Waals surface area (Å²) in [6, 6.07) is 17.5. The Morgan fingerprint density at radius 1 is 0.969 bits per heavy atom. The number of hydrogen-bond acceptors (Lipinski definition) is 4. The van der Waals surface area contributed by atoms with Gasteiger partial charge in [0.2, 0.25) is 0 Å². The zero-order chi connectivity index (χ0) is 23.1. The number of methoxy groups -OCH3 is 2. The van der Waals surface area contributed by atoms with Crippen molar-refractivity contribution in [2.45, 2.75) is 13.2 Å². The van der Waals surface area contributed by atoms with E-state index >= 15 is 0 Å². The Hall–Kier alpha value is -3.18. The van der Waals surface area contributed by atoms with Crippen molar-refractivity contribution in [3.05, 3.63) is 76.8 Å². The highest BCUT2D eigenvalue weighted by Gasteiger charge is 2.11. The van der Waals surface area contributed by atoms with E-state index in [2.05, 4.69) is 6.07 Å². The minimum Gasteiger partial charge on any atom is -0.497 e. The fourth-order valence-corrected chi connectivity index (χ4v) is 3.72. The average molecular weight is 447 g/mol. The van der Waals surface area contributed by atoms with Crippen LogP contribution in [0.15, 0.2) is 60.7 Å². The van der Waals surface area contributed by atoms with Crippen LogP contribution in [0.3, 0.4) is 0 Å². The molecule has 3 aromatic rings. The molecule has 32 heavy (non-hydrogen) atoms. The van der Waals surface area contributed by atoms with E-state index in [4.69, 9.17) is 33.7 Å². The lowest BCUT2D eigenvalue weighted by Crippen LogP contribution is -1.99. The number of halogens is 1. The van der Waals surface area contributed by atoms with Crippen LogP contribution in [-0.4, -0.2) is 34.6 Å². The van der Waals surface area contributed by atoms with Gasteiger partial charge in [-0.1, -0.05) is 48.3 Å². The predicted molar refractivity (Wildman–Crippen MR) is 131 cm³/mol. The Morgan fingerprint density at radius 3 is 2.34 bits per heavy atom. The molecule has 6 heteroatoms. The molecule has 0 spiro atoms. The Morgan fingerprint density at radius 2 is 1.69 bits per heavy atom. The largest absolute Gasteiger partial charge is 0.497 e. The molecule has 0 atom stereocenters. The molecule has 0 heterocycles. The van der Waals surface area contributed by atoms with Crippen LogP contribution in [0, 0.1) is 0 Å². The van der Waals surface area contributed by atoms with Gasteiger partial charge >= 0.3 is 5.97 Å². The van der Waals surface area contributed by atoms with Crippen LogP contribution >= 0.6 is 11.6 Å². The number of ether oxygens (including phenoxy) is 3. The van der Waals surface area contributed by atoms with Crippen molar-refractivity contribution in [1.29, 1.82) is 0 Å². The van der Waals surface area contributed by atoms with Gasteiger partial charge in [-0.2, -0.15) is 0 Å². The van der Waals surface area contributed by atoms with Crippen LogP contribution < -0.4 is 9.47 Å². The summed E-state index contributed by atoms with van der Waals surface area (Å²) in [5.41, 5.74) is 5.68. The number of hydrogen-bond donors (Lipinski definition) is 0. The summed E-state index contributed by atoms with van der Waals surface area (Å²) in [5.74, 6) is 0.925. The molecular weight excluding hydrogens is 423 g/mol. The van der Waals surface area contributed by atoms with E-state index in [1.54, 1.807) is 27.2 Å². The SMILES string of the molecule is [B]Cc1cc(-c2ccc(OC)cc2/C=C/C(=O)OCC)ccc1-c1ccc(OC)c(Cl)c1. The standard InChI is InChI=1S/C26H24BClO4/c1-4-32-26(29)12-7-18-14-21(30-2)8-10-22(18)17-5-9-23(20(13-17)16-27)19-6-11-25(31-3)24(28)15-19/h5-15H,4,16H2,1-3H3/b12-7+. The van der Waals surface area contributed by atoms with Crippen LogP contribution in [0.5, 0.6) is 11.5 Å². The number of carbonyl (C=O) groups excluding carboxylic acids is 1. The second-order valence-electron chi connectivity index (χ2n) is 6.96. The monoisotopic (exact) mass is 446 g/mol. The first-order valence-electron chi connectivity index (χ1n) is 10.2. The molecule has 4 nitrogen and oxygen atoms in total. The summed E-state index contributed by atoms with van der Waals surface area (Å²) < 4.78 is 15.6. The summed E-state index contributed by atoms with van der Waals surface area (Å²) in [7, 11) is 9.29. The molecule has 3 aromatic carbocycles. The summed E-state index contributed by atoms with van der Waals surface area (Å²) >= 11 is 6.32. The van der Waals surface area contributed by atoms with Gasteiger partial charge in [-0.25, -0.2) is 4.79 Å². The molecule has 0 aromatic heterocycles. The van der Waals surface area contributed by atoms with Crippen LogP contribution in [0.2, 0.25) is 5.02 Å². The van der Waals surface area contributed by atoms with Gasteiger partial charge in [-0.3, -0.25) is 0 Å². The molecule has 0 saturated heterocycles. The molecule has 3 rings (SSSR count). The van der Waals surface area contributed by atoms with E-state index in [1.165, 1.54) is 6.08 Å². The summed E-state index contributed by atoms with van der Waals surface area (Å²) in [6.45, 7) is 2.10. The van der Waals surface area contributed by atoms with Crippen LogP contribution in [0.4, 0.5) is 0 Å².